The van der Waals surface area contributed by atoms with Crippen molar-refractivity contribution in [2.24, 2.45) is 0 Å². The highest BCUT2D eigenvalue weighted by atomic mass is 31.2. The van der Waals surface area contributed by atoms with Gasteiger partial charge in [0.05, 0.1) is 27.7 Å². The highest BCUT2D eigenvalue weighted by Crippen LogP contribution is 2.38. The molecule has 0 amide bonds. The SMILES string of the molecule is CCCCCCCCCCCCC/C=C/C=C/C(=O)O[C@@H](COC(=O)CCC/C=C/CC/C=C/CCCCCCCCCCCCCCCC)COP(=O)([O-])OCC[N+](C)(C)C. The maximum Gasteiger partial charge on any atom is 0.331 e. The van der Waals surface area contributed by atoms with E-state index in [-0.39, 0.29) is 19.6 Å². The number of nitrogens with zero attached hydrogens (tertiary/aromatic N) is 1. The number of unbranched alkanes of at least 4 members (excludes halogenated alkanes) is 27. The molecule has 0 radical (unpaired) electrons. The van der Waals surface area contributed by atoms with Gasteiger partial charge >= 0.3 is 11.9 Å². The van der Waals surface area contributed by atoms with Crippen molar-refractivity contribution in [2.45, 2.75) is 225 Å². The number of carbonyl (C=O) groups excluding carboxylic acids is 2. The van der Waals surface area contributed by atoms with Crippen molar-refractivity contribution in [1.29, 1.82) is 0 Å². The Morgan fingerprint density at radius 3 is 1.42 bits per heavy atom. The molecule has 0 spiro atoms. The summed E-state index contributed by atoms with van der Waals surface area (Å²) in [6, 6.07) is 0. The quantitative estimate of drug-likeness (QED) is 0.0113. The van der Waals surface area contributed by atoms with Gasteiger partial charge in [0.1, 0.15) is 19.8 Å². The van der Waals surface area contributed by atoms with Crippen LogP contribution in [0.25, 0.3) is 0 Å². The number of rotatable bonds is 46. The van der Waals surface area contributed by atoms with E-state index < -0.39 is 32.5 Å². The lowest BCUT2D eigenvalue weighted by Gasteiger charge is -2.28. The maximum atomic E-state index is 12.6. The van der Waals surface area contributed by atoms with Crippen LogP contribution in [0.4, 0.5) is 0 Å². The van der Waals surface area contributed by atoms with Crippen molar-refractivity contribution in [1.82, 2.24) is 0 Å². The van der Waals surface area contributed by atoms with Gasteiger partial charge < -0.3 is 27.9 Å². The van der Waals surface area contributed by atoms with E-state index in [4.69, 9.17) is 18.5 Å². The molecule has 0 bridgehead atoms. The number of phosphoric acid groups is 1. The lowest BCUT2D eigenvalue weighted by molar-refractivity contribution is -0.870. The molecule has 0 rings (SSSR count). The van der Waals surface area contributed by atoms with Gasteiger partial charge in [-0.25, -0.2) is 4.79 Å². The van der Waals surface area contributed by atoms with Crippen LogP contribution >= 0.6 is 7.82 Å². The fourth-order valence-electron chi connectivity index (χ4n) is 6.94. The lowest BCUT2D eigenvalue weighted by atomic mass is 10.0. The van der Waals surface area contributed by atoms with Crippen molar-refractivity contribution in [3.63, 3.8) is 0 Å². The summed E-state index contributed by atoms with van der Waals surface area (Å²) in [6.45, 7) is 4.08. The molecule has 1 unspecified atom stereocenters. The maximum absolute atomic E-state index is 12.6. The zero-order chi connectivity index (χ0) is 45.7. The highest BCUT2D eigenvalue weighted by Gasteiger charge is 2.21. The van der Waals surface area contributed by atoms with E-state index in [0.29, 0.717) is 17.4 Å². The first kappa shape index (κ1) is 60.0. The lowest BCUT2D eigenvalue weighted by Crippen LogP contribution is -2.37. The third-order valence-electron chi connectivity index (χ3n) is 10.9. The van der Waals surface area contributed by atoms with E-state index in [2.05, 4.69) is 38.2 Å². The van der Waals surface area contributed by atoms with Gasteiger partial charge in [0, 0.05) is 12.5 Å². The van der Waals surface area contributed by atoms with Gasteiger partial charge in [-0.05, 0) is 51.4 Å². The molecule has 0 N–H and O–H groups in total. The highest BCUT2D eigenvalue weighted by molar-refractivity contribution is 7.45. The minimum absolute atomic E-state index is 0.0529. The minimum Gasteiger partial charge on any atom is -0.756 e. The Balaban J connectivity index is 4.35. The number of carbonyl (C=O) groups is 2. The molecule has 0 aromatic carbocycles. The summed E-state index contributed by atoms with van der Waals surface area (Å²) in [6.07, 6.45) is 53.7. The molecule has 10 heteroatoms. The van der Waals surface area contributed by atoms with E-state index >= 15 is 0 Å². The fraction of sp³-hybridized carbons (Fsp3) is 0.808. The number of esters is 2. The molecule has 62 heavy (non-hydrogen) atoms. The smallest absolute Gasteiger partial charge is 0.331 e. The van der Waals surface area contributed by atoms with E-state index in [9.17, 15) is 19.0 Å². The molecule has 0 saturated heterocycles. The Bertz CT molecular complexity index is 1190. The fourth-order valence-corrected chi connectivity index (χ4v) is 7.66. The molecule has 0 aromatic heterocycles. The molecular formula is C52H96NO8P. The number of likely N-dealkylation sites (N-methyl/N-ethyl adjacent to an activating group) is 1. The Hall–Kier alpha value is -2.03. The topological polar surface area (TPSA) is 111 Å². The second kappa shape index (κ2) is 44.2. The molecule has 0 heterocycles. The molecule has 0 aliphatic heterocycles. The van der Waals surface area contributed by atoms with Gasteiger partial charge in [-0.15, -0.1) is 0 Å². The number of quaternary nitrogens is 1. The zero-order valence-corrected chi connectivity index (χ0v) is 41.7. The Morgan fingerprint density at radius 1 is 0.532 bits per heavy atom. The zero-order valence-electron chi connectivity index (χ0n) is 40.8. The van der Waals surface area contributed by atoms with Gasteiger partial charge in [-0.2, -0.15) is 0 Å². The predicted molar refractivity (Wildman–Crippen MR) is 259 cm³/mol. The summed E-state index contributed by atoms with van der Waals surface area (Å²) < 4.78 is 33.7. The largest absolute Gasteiger partial charge is 0.756 e. The van der Waals surface area contributed by atoms with Crippen LogP contribution in [0.15, 0.2) is 48.6 Å². The summed E-state index contributed by atoms with van der Waals surface area (Å²) in [4.78, 5) is 37.5. The first-order chi connectivity index (χ1) is 30.0. The van der Waals surface area contributed by atoms with Crippen molar-refractivity contribution < 1.29 is 42.1 Å². The summed E-state index contributed by atoms with van der Waals surface area (Å²) in [7, 11) is 1.09. The summed E-state index contributed by atoms with van der Waals surface area (Å²) in [5.74, 6) is -1.13. The van der Waals surface area contributed by atoms with Crippen LogP contribution in [0.1, 0.15) is 219 Å². The monoisotopic (exact) mass is 894 g/mol. The van der Waals surface area contributed by atoms with Crippen LogP contribution < -0.4 is 4.89 Å². The molecular weight excluding hydrogens is 798 g/mol. The molecule has 0 aliphatic rings. The van der Waals surface area contributed by atoms with Gasteiger partial charge in [-0.3, -0.25) is 9.36 Å². The second-order valence-electron chi connectivity index (χ2n) is 18.2. The molecule has 362 valence electrons. The van der Waals surface area contributed by atoms with E-state index in [1.54, 1.807) is 6.08 Å². The van der Waals surface area contributed by atoms with Crippen LogP contribution in [0.3, 0.4) is 0 Å². The molecule has 0 saturated carbocycles. The summed E-state index contributed by atoms with van der Waals surface area (Å²) in [5.41, 5.74) is 0. The van der Waals surface area contributed by atoms with Crippen LogP contribution in [0.5, 0.6) is 0 Å². The normalized spacial score (nSPS) is 13.8. The third kappa shape index (κ3) is 47.4. The average molecular weight is 894 g/mol. The van der Waals surface area contributed by atoms with E-state index in [1.165, 1.54) is 160 Å². The van der Waals surface area contributed by atoms with Gasteiger partial charge in [0.2, 0.25) is 0 Å². The Labute approximate surface area is 382 Å². The van der Waals surface area contributed by atoms with Crippen molar-refractivity contribution in [2.75, 3.05) is 47.5 Å². The number of ether oxygens (including phenoxy) is 2. The van der Waals surface area contributed by atoms with Crippen LogP contribution in [-0.4, -0.2) is 70.0 Å². The van der Waals surface area contributed by atoms with Crippen LogP contribution in [-0.2, 0) is 32.7 Å². The molecule has 0 aliphatic carbocycles. The Morgan fingerprint density at radius 2 is 0.952 bits per heavy atom. The number of allylic oxidation sites excluding steroid dienone is 7. The standard InChI is InChI=1S/C52H96NO8P/c1-6-8-10-12-14-16-18-20-22-23-24-25-26-27-28-29-31-32-34-36-38-40-42-44-51(54)58-48-50(49-60-62(56,57)59-47-46-53(3,4)5)61-52(55)45-43-41-39-37-35-33-30-21-19-17-15-13-11-9-7-2/h29,31,36,38-39,41,43,45,50H,6-28,30,32-35,37,40,42,44,46-49H2,1-5H3/b31-29+,38-36+,41-39+,45-43+/t50-/m0/s1. The van der Waals surface area contributed by atoms with Crippen LogP contribution in [0, 0.1) is 0 Å². The number of phosphoric ester groups is 1. The molecule has 9 nitrogen and oxygen atoms in total. The molecule has 2 atom stereocenters. The van der Waals surface area contributed by atoms with Gasteiger partial charge in [0.25, 0.3) is 7.82 Å². The Kier molecular flexibility index (Phi) is 42.7. The van der Waals surface area contributed by atoms with Crippen molar-refractivity contribution >= 4 is 19.8 Å². The first-order valence-corrected chi connectivity index (χ1v) is 26.8. The second-order valence-corrected chi connectivity index (χ2v) is 19.7. The van der Waals surface area contributed by atoms with Crippen molar-refractivity contribution in [3.05, 3.63) is 48.6 Å². The molecule has 0 aromatic rings. The predicted octanol–water partition coefficient (Wildman–Crippen LogP) is 14.4. The summed E-state index contributed by atoms with van der Waals surface area (Å²) in [5, 5.41) is 0. The van der Waals surface area contributed by atoms with E-state index in [0.717, 1.165) is 38.5 Å². The van der Waals surface area contributed by atoms with E-state index in [1.807, 2.05) is 33.3 Å². The molecule has 0 fully saturated rings. The van der Waals surface area contributed by atoms with Crippen molar-refractivity contribution in [3.8, 4) is 0 Å². The third-order valence-corrected chi connectivity index (χ3v) is 11.9. The van der Waals surface area contributed by atoms with Crippen LogP contribution in [0.2, 0.25) is 0 Å². The number of hydrogen-bond donors (Lipinski definition) is 0. The average Bonchev–Trinajstić information content (AvgIpc) is 3.23. The van der Waals surface area contributed by atoms with Gasteiger partial charge in [-0.1, -0.05) is 204 Å². The first-order valence-electron chi connectivity index (χ1n) is 25.4. The summed E-state index contributed by atoms with van der Waals surface area (Å²) >= 11 is 0. The van der Waals surface area contributed by atoms with Gasteiger partial charge in [0.15, 0.2) is 6.10 Å². The number of hydrogen-bond acceptors (Lipinski definition) is 8. The minimum atomic E-state index is -4.66.